The van der Waals surface area contributed by atoms with Crippen molar-refractivity contribution in [3.63, 3.8) is 0 Å². The van der Waals surface area contributed by atoms with Crippen LogP contribution in [0.3, 0.4) is 0 Å². The number of likely N-dealkylation sites (tertiary alicyclic amines) is 2. The Morgan fingerprint density at radius 2 is 1.79 bits per heavy atom. The largest absolute Gasteiger partial charge is 0.345 e. The summed E-state index contributed by atoms with van der Waals surface area (Å²) in [4.78, 5) is 26.1. The lowest BCUT2D eigenvalue weighted by Gasteiger charge is -2.49. The van der Waals surface area contributed by atoms with Gasteiger partial charge < -0.3 is 4.90 Å². The summed E-state index contributed by atoms with van der Waals surface area (Å²) in [6, 6.07) is 10.3. The van der Waals surface area contributed by atoms with Gasteiger partial charge in [-0.2, -0.15) is 0 Å². The number of aryl methyl sites for hydroxylation is 1. The molecule has 2 saturated heterocycles. The predicted molar refractivity (Wildman–Crippen MR) is 110 cm³/mol. The third kappa shape index (κ3) is 3.95. The number of hydrogen-bond donors (Lipinski definition) is 0. The highest BCUT2D eigenvalue weighted by molar-refractivity contribution is 5.84. The molecule has 0 aliphatic carbocycles. The molecule has 2 aliphatic rings. The number of aromatic nitrogens is 2. The summed E-state index contributed by atoms with van der Waals surface area (Å²) >= 11 is 0. The van der Waals surface area contributed by atoms with E-state index in [1.54, 1.807) is 0 Å². The molecule has 0 bridgehead atoms. The summed E-state index contributed by atoms with van der Waals surface area (Å²) in [6.45, 7) is 6.01. The van der Waals surface area contributed by atoms with Gasteiger partial charge in [0.2, 0.25) is 5.91 Å². The van der Waals surface area contributed by atoms with E-state index in [1.165, 1.54) is 5.56 Å². The van der Waals surface area contributed by atoms with Gasteiger partial charge in [0.15, 0.2) is 0 Å². The van der Waals surface area contributed by atoms with E-state index in [4.69, 9.17) is 0 Å². The molecule has 1 atom stereocenters. The van der Waals surface area contributed by atoms with Gasteiger partial charge in [-0.1, -0.05) is 37.3 Å². The monoisotopic (exact) mass is 378 g/mol. The van der Waals surface area contributed by atoms with Crippen LogP contribution in [0, 0.1) is 5.41 Å². The van der Waals surface area contributed by atoms with Crippen LogP contribution in [-0.4, -0.2) is 52.4 Å². The first-order valence-electron chi connectivity index (χ1n) is 10.4. The lowest BCUT2D eigenvalue weighted by Crippen LogP contribution is -2.52. The maximum absolute atomic E-state index is 12.8. The summed E-state index contributed by atoms with van der Waals surface area (Å²) in [5.74, 6) is 1.18. The summed E-state index contributed by atoms with van der Waals surface area (Å²) in [5, 5.41) is 0. The minimum Gasteiger partial charge on any atom is -0.345 e. The minimum atomic E-state index is 0.00138. The minimum absolute atomic E-state index is 0.00138. The van der Waals surface area contributed by atoms with E-state index in [1.807, 2.05) is 42.5 Å². The third-order valence-corrected chi connectivity index (χ3v) is 6.48. The normalized spacial score (nSPS) is 22.6. The van der Waals surface area contributed by atoms with Gasteiger partial charge >= 0.3 is 0 Å². The number of amides is 1. The topological polar surface area (TPSA) is 49.3 Å². The number of nitrogens with zero attached hydrogens (tertiary/aromatic N) is 4. The molecule has 5 nitrogen and oxygen atoms in total. The van der Waals surface area contributed by atoms with Crippen molar-refractivity contribution >= 4 is 5.91 Å². The van der Waals surface area contributed by atoms with Crippen molar-refractivity contribution in [3.05, 3.63) is 59.7 Å². The molecule has 5 heteroatoms. The Morgan fingerprint density at radius 3 is 2.43 bits per heavy atom. The second kappa shape index (κ2) is 8.00. The van der Waals surface area contributed by atoms with Crippen molar-refractivity contribution in [2.24, 2.45) is 5.41 Å². The summed E-state index contributed by atoms with van der Waals surface area (Å²) < 4.78 is 0. The van der Waals surface area contributed by atoms with Gasteiger partial charge in [0.25, 0.3) is 0 Å². The van der Waals surface area contributed by atoms with Crippen molar-refractivity contribution in [2.45, 2.75) is 45.1 Å². The molecule has 1 amide bonds. The molecule has 3 heterocycles. The van der Waals surface area contributed by atoms with E-state index in [9.17, 15) is 4.79 Å². The zero-order chi connectivity index (χ0) is 19.6. The zero-order valence-electron chi connectivity index (χ0n) is 17.0. The second-order valence-corrected chi connectivity index (χ2v) is 8.50. The van der Waals surface area contributed by atoms with Crippen LogP contribution in [-0.2, 0) is 17.8 Å². The molecule has 2 fully saturated rings. The van der Waals surface area contributed by atoms with Crippen molar-refractivity contribution in [1.82, 2.24) is 19.8 Å². The number of hydrogen-bond acceptors (Lipinski definition) is 4. The summed E-state index contributed by atoms with van der Waals surface area (Å²) in [5.41, 5.74) is 2.59. The molecule has 0 N–H and O–H groups in total. The zero-order valence-corrected chi connectivity index (χ0v) is 17.0. The Balaban J connectivity index is 1.41. The number of carbonyl (C=O) groups excluding carboxylic acids is 1. The highest BCUT2D eigenvalue weighted by Gasteiger charge is 2.44. The fourth-order valence-corrected chi connectivity index (χ4v) is 4.83. The SMILES string of the molecule is CCc1ncc(CN2CCC3(CC2)C[C@H](c2ccccc2)C(=O)N(C)C3)cn1. The molecular formula is C23H30N4O. The van der Waals surface area contributed by atoms with Gasteiger partial charge in [0.1, 0.15) is 5.82 Å². The predicted octanol–water partition coefficient (Wildman–Crippen LogP) is 3.27. The standard InChI is InChI=1S/C23H30N4O/c1-3-21-24-14-18(15-25-21)16-27-11-9-23(10-12-27)13-20(22(28)26(2)17-23)19-7-5-4-6-8-19/h4-8,14-15,20H,3,9-13,16-17H2,1-2H3/t20-/m1/s1. The van der Waals surface area contributed by atoms with E-state index in [0.717, 1.165) is 63.3 Å². The first-order valence-corrected chi connectivity index (χ1v) is 10.4. The number of piperidine rings is 2. The maximum Gasteiger partial charge on any atom is 0.229 e. The molecule has 2 aliphatic heterocycles. The van der Waals surface area contributed by atoms with Crippen LogP contribution < -0.4 is 0 Å². The number of rotatable bonds is 4. The summed E-state index contributed by atoms with van der Waals surface area (Å²) in [7, 11) is 1.97. The van der Waals surface area contributed by atoms with E-state index in [2.05, 4.69) is 33.9 Å². The van der Waals surface area contributed by atoms with Crippen LogP contribution in [0.5, 0.6) is 0 Å². The van der Waals surface area contributed by atoms with Gasteiger partial charge in [-0.05, 0) is 43.3 Å². The van der Waals surface area contributed by atoms with Gasteiger partial charge in [-0.25, -0.2) is 9.97 Å². The molecule has 148 valence electrons. The average Bonchev–Trinajstić information content (AvgIpc) is 2.74. The van der Waals surface area contributed by atoms with Crippen LogP contribution >= 0.6 is 0 Å². The number of carbonyl (C=O) groups is 1. The van der Waals surface area contributed by atoms with E-state index >= 15 is 0 Å². The van der Waals surface area contributed by atoms with Crippen molar-refractivity contribution < 1.29 is 4.79 Å². The lowest BCUT2D eigenvalue weighted by atomic mass is 9.67. The van der Waals surface area contributed by atoms with Crippen LogP contribution in [0.25, 0.3) is 0 Å². The van der Waals surface area contributed by atoms with Crippen molar-refractivity contribution in [1.29, 1.82) is 0 Å². The maximum atomic E-state index is 12.8. The van der Waals surface area contributed by atoms with Crippen LogP contribution in [0.4, 0.5) is 0 Å². The molecule has 28 heavy (non-hydrogen) atoms. The van der Waals surface area contributed by atoms with Crippen LogP contribution in [0.2, 0.25) is 0 Å². The van der Waals surface area contributed by atoms with Crippen molar-refractivity contribution in [3.8, 4) is 0 Å². The molecule has 0 saturated carbocycles. The Bertz CT molecular complexity index is 797. The molecule has 2 aromatic rings. The van der Waals surface area contributed by atoms with E-state index in [-0.39, 0.29) is 17.2 Å². The highest BCUT2D eigenvalue weighted by atomic mass is 16.2. The number of likely N-dealkylation sites (N-methyl/N-ethyl adjacent to an activating group) is 1. The number of benzene rings is 1. The molecule has 1 aromatic carbocycles. The van der Waals surface area contributed by atoms with Crippen molar-refractivity contribution in [2.75, 3.05) is 26.7 Å². The molecule has 1 spiro atoms. The fraction of sp³-hybridized carbons (Fsp3) is 0.522. The fourth-order valence-electron chi connectivity index (χ4n) is 4.83. The van der Waals surface area contributed by atoms with E-state index < -0.39 is 0 Å². The summed E-state index contributed by atoms with van der Waals surface area (Å²) in [6.07, 6.45) is 8.07. The quantitative estimate of drug-likeness (QED) is 0.819. The van der Waals surface area contributed by atoms with Gasteiger partial charge in [-0.3, -0.25) is 9.69 Å². The Kier molecular flexibility index (Phi) is 5.44. The Morgan fingerprint density at radius 1 is 1.11 bits per heavy atom. The third-order valence-electron chi connectivity index (χ3n) is 6.48. The second-order valence-electron chi connectivity index (χ2n) is 8.50. The Hall–Kier alpha value is -2.27. The molecule has 0 unspecified atom stereocenters. The molecule has 1 aromatic heterocycles. The smallest absolute Gasteiger partial charge is 0.229 e. The molecule has 0 radical (unpaired) electrons. The van der Waals surface area contributed by atoms with Gasteiger partial charge in [0, 0.05) is 44.5 Å². The first-order chi connectivity index (χ1) is 13.6. The Labute approximate surface area is 167 Å². The first kappa shape index (κ1) is 19.1. The van der Waals surface area contributed by atoms with Crippen LogP contribution in [0.1, 0.15) is 49.1 Å². The van der Waals surface area contributed by atoms with Crippen LogP contribution in [0.15, 0.2) is 42.7 Å². The molecular weight excluding hydrogens is 348 g/mol. The molecule has 4 rings (SSSR count). The van der Waals surface area contributed by atoms with E-state index in [0.29, 0.717) is 0 Å². The average molecular weight is 379 g/mol. The lowest BCUT2D eigenvalue weighted by molar-refractivity contribution is -0.139. The van der Waals surface area contributed by atoms with Gasteiger partial charge in [0.05, 0.1) is 5.92 Å². The van der Waals surface area contributed by atoms with Gasteiger partial charge in [-0.15, -0.1) is 0 Å². The highest BCUT2D eigenvalue weighted by Crippen LogP contribution is 2.45.